The summed E-state index contributed by atoms with van der Waals surface area (Å²) < 4.78 is 3.11. The van der Waals surface area contributed by atoms with Crippen molar-refractivity contribution in [1.82, 2.24) is 14.1 Å². The zero-order valence-electron chi connectivity index (χ0n) is 12.9. The van der Waals surface area contributed by atoms with Crippen molar-refractivity contribution in [1.29, 1.82) is 0 Å². The van der Waals surface area contributed by atoms with Crippen LogP contribution in [0.25, 0.3) is 11.0 Å². The first-order valence-corrected chi connectivity index (χ1v) is 7.81. The van der Waals surface area contributed by atoms with Crippen molar-refractivity contribution in [2.75, 3.05) is 5.32 Å². The molecule has 0 saturated heterocycles. The predicted octanol–water partition coefficient (Wildman–Crippen LogP) is 1.65. The van der Waals surface area contributed by atoms with Crippen LogP contribution in [-0.2, 0) is 14.1 Å². The van der Waals surface area contributed by atoms with Crippen LogP contribution in [0.4, 0.5) is 5.69 Å². The number of fused-ring (bicyclic) bond motifs is 1. The molecule has 7 nitrogen and oxygen atoms in total. The maximum atomic E-state index is 12.4. The minimum absolute atomic E-state index is 0.188. The second-order valence-electron chi connectivity index (χ2n) is 5.22. The average molecular weight is 389 g/mol. The Hall–Kier alpha value is -2.74. The Bertz CT molecular complexity index is 1070. The van der Waals surface area contributed by atoms with E-state index >= 15 is 0 Å². The van der Waals surface area contributed by atoms with Crippen LogP contribution in [0.2, 0.25) is 0 Å². The fourth-order valence-corrected chi connectivity index (χ4v) is 2.65. The number of aryl methyl sites for hydroxylation is 1. The number of aromatic nitrogens is 3. The van der Waals surface area contributed by atoms with Crippen molar-refractivity contribution in [2.24, 2.45) is 14.1 Å². The SMILES string of the molecule is Cn1c(=O)c2c(NC(=O)c3ccc(Br)cc3)ccnc2n(C)c1=O. The number of hydrogen-bond acceptors (Lipinski definition) is 4. The molecule has 0 bridgehead atoms. The van der Waals surface area contributed by atoms with Gasteiger partial charge in [-0.05, 0) is 30.3 Å². The standard InChI is InChI=1S/C16H13BrN4O3/c1-20-13-12(15(23)21(2)16(20)24)11(7-8-18-13)19-14(22)9-3-5-10(17)6-4-9/h3-8H,1-2H3,(H,18,19,22). The number of carbonyl (C=O) groups is 1. The van der Waals surface area contributed by atoms with Gasteiger partial charge in [-0.25, -0.2) is 9.78 Å². The minimum Gasteiger partial charge on any atom is -0.321 e. The molecule has 0 fully saturated rings. The van der Waals surface area contributed by atoms with E-state index in [0.29, 0.717) is 11.3 Å². The lowest BCUT2D eigenvalue weighted by Crippen LogP contribution is -2.37. The summed E-state index contributed by atoms with van der Waals surface area (Å²) in [7, 11) is 2.91. The third-order valence-corrected chi connectivity index (χ3v) is 4.22. The summed E-state index contributed by atoms with van der Waals surface area (Å²) in [5, 5.41) is 2.90. The smallest absolute Gasteiger partial charge is 0.321 e. The molecule has 1 aromatic carbocycles. The minimum atomic E-state index is -0.507. The molecule has 0 aliphatic rings. The van der Waals surface area contributed by atoms with Gasteiger partial charge >= 0.3 is 5.69 Å². The number of benzene rings is 1. The Kier molecular flexibility index (Phi) is 4.06. The summed E-state index contributed by atoms with van der Waals surface area (Å²) in [6.45, 7) is 0. The van der Waals surface area contributed by atoms with Crippen LogP contribution in [0, 0.1) is 0 Å². The lowest BCUT2D eigenvalue weighted by molar-refractivity contribution is 0.102. The van der Waals surface area contributed by atoms with Crippen molar-refractivity contribution in [3.63, 3.8) is 0 Å². The Morgan fingerprint density at radius 3 is 2.42 bits per heavy atom. The van der Waals surface area contributed by atoms with Crippen molar-refractivity contribution < 1.29 is 4.79 Å². The molecule has 24 heavy (non-hydrogen) atoms. The van der Waals surface area contributed by atoms with Crippen LogP contribution in [0.15, 0.2) is 50.6 Å². The molecule has 0 spiro atoms. The third-order valence-electron chi connectivity index (χ3n) is 3.70. The normalized spacial score (nSPS) is 10.8. The van der Waals surface area contributed by atoms with Crippen LogP contribution in [0.3, 0.4) is 0 Å². The van der Waals surface area contributed by atoms with E-state index in [9.17, 15) is 14.4 Å². The van der Waals surface area contributed by atoms with Crippen LogP contribution in [0.1, 0.15) is 10.4 Å². The number of anilines is 1. The number of nitrogens with zero attached hydrogens (tertiary/aromatic N) is 3. The van der Waals surface area contributed by atoms with Gasteiger partial charge in [0.25, 0.3) is 11.5 Å². The number of carbonyl (C=O) groups excluding carboxylic acids is 1. The van der Waals surface area contributed by atoms with Crippen LogP contribution >= 0.6 is 15.9 Å². The fraction of sp³-hybridized carbons (Fsp3) is 0.125. The molecule has 2 heterocycles. The number of hydrogen-bond donors (Lipinski definition) is 1. The summed E-state index contributed by atoms with van der Waals surface area (Å²) >= 11 is 3.31. The molecular formula is C16H13BrN4O3. The molecule has 0 aliphatic carbocycles. The molecule has 3 aromatic rings. The van der Waals surface area contributed by atoms with Crippen molar-refractivity contribution in [3.8, 4) is 0 Å². The van der Waals surface area contributed by atoms with E-state index in [1.54, 1.807) is 24.3 Å². The van der Waals surface area contributed by atoms with Gasteiger partial charge in [-0.2, -0.15) is 0 Å². The van der Waals surface area contributed by atoms with Gasteiger partial charge in [0.1, 0.15) is 5.39 Å². The highest BCUT2D eigenvalue weighted by Gasteiger charge is 2.15. The fourth-order valence-electron chi connectivity index (χ4n) is 2.39. The summed E-state index contributed by atoms with van der Waals surface area (Å²) in [5.41, 5.74) is -0.00526. The highest BCUT2D eigenvalue weighted by atomic mass is 79.9. The predicted molar refractivity (Wildman–Crippen MR) is 94.3 cm³/mol. The monoisotopic (exact) mass is 388 g/mol. The van der Waals surface area contributed by atoms with Gasteiger partial charge in [0.15, 0.2) is 5.65 Å². The van der Waals surface area contributed by atoms with Gasteiger partial charge in [0, 0.05) is 30.3 Å². The molecule has 0 atom stereocenters. The lowest BCUT2D eigenvalue weighted by atomic mass is 10.2. The number of rotatable bonds is 2. The molecule has 3 rings (SSSR count). The maximum absolute atomic E-state index is 12.4. The van der Waals surface area contributed by atoms with E-state index in [1.165, 1.54) is 30.9 Å². The third kappa shape index (κ3) is 2.65. The van der Waals surface area contributed by atoms with Gasteiger partial charge in [0.2, 0.25) is 0 Å². The van der Waals surface area contributed by atoms with E-state index in [0.717, 1.165) is 9.04 Å². The maximum Gasteiger partial charge on any atom is 0.332 e. The summed E-state index contributed by atoms with van der Waals surface area (Å²) in [5.74, 6) is -0.356. The zero-order chi connectivity index (χ0) is 17.4. The molecule has 0 aliphatic heterocycles. The molecule has 0 unspecified atom stereocenters. The van der Waals surface area contributed by atoms with E-state index in [2.05, 4.69) is 26.2 Å². The Labute approximate surface area is 144 Å². The topological polar surface area (TPSA) is 86.0 Å². The van der Waals surface area contributed by atoms with Gasteiger partial charge in [0.05, 0.1) is 5.69 Å². The van der Waals surface area contributed by atoms with Crippen molar-refractivity contribution in [2.45, 2.75) is 0 Å². The Morgan fingerprint density at radius 1 is 1.08 bits per heavy atom. The van der Waals surface area contributed by atoms with Gasteiger partial charge in [-0.15, -0.1) is 0 Å². The number of amides is 1. The van der Waals surface area contributed by atoms with Gasteiger partial charge < -0.3 is 5.32 Å². The summed E-state index contributed by atoms with van der Waals surface area (Å²) in [6.07, 6.45) is 1.44. The van der Waals surface area contributed by atoms with E-state index in [-0.39, 0.29) is 16.9 Å². The van der Waals surface area contributed by atoms with E-state index < -0.39 is 11.2 Å². The molecule has 1 amide bonds. The largest absolute Gasteiger partial charge is 0.332 e. The number of halogens is 1. The molecule has 2 aromatic heterocycles. The van der Waals surface area contributed by atoms with Crippen LogP contribution in [-0.4, -0.2) is 20.0 Å². The molecular weight excluding hydrogens is 376 g/mol. The zero-order valence-corrected chi connectivity index (χ0v) is 14.5. The summed E-state index contributed by atoms with van der Waals surface area (Å²) in [4.78, 5) is 40.9. The van der Waals surface area contributed by atoms with E-state index in [1.807, 2.05) is 0 Å². The highest BCUT2D eigenvalue weighted by Crippen LogP contribution is 2.18. The first-order valence-electron chi connectivity index (χ1n) is 7.02. The Balaban J connectivity index is 2.14. The lowest BCUT2D eigenvalue weighted by Gasteiger charge is -2.11. The van der Waals surface area contributed by atoms with Gasteiger partial charge in [-0.1, -0.05) is 15.9 Å². The molecule has 1 N–H and O–H groups in total. The second-order valence-corrected chi connectivity index (χ2v) is 6.14. The molecule has 0 saturated carbocycles. The second kappa shape index (κ2) is 6.04. The first-order chi connectivity index (χ1) is 11.4. The van der Waals surface area contributed by atoms with Crippen molar-refractivity contribution >= 4 is 38.6 Å². The quantitative estimate of drug-likeness (QED) is 0.722. The first kappa shape index (κ1) is 16.1. The number of nitrogens with one attached hydrogen (secondary N) is 1. The summed E-state index contributed by atoms with van der Waals surface area (Å²) in [6, 6.07) is 8.36. The Morgan fingerprint density at radius 2 is 1.75 bits per heavy atom. The van der Waals surface area contributed by atoms with E-state index in [4.69, 9.17) is 0 Å². The van der Waals surface area contributed by atoms with Crippen molar-refractivity contribution in [3.05, 3.63) is 67.4 Å². The van der Waals surface area contributed by atoms with Gasteiger partial charge in [-0.3, -0.25) is 18.7 Å². The highest BCUT2D eigenvalue weighted by molar-refractivity contribution is 9.10. The average Bonchev–Trinajstić information content (AvgIpc) is 2.58. The van der Waals surface area contributed by atoms with Crippen LogP contribution in [0.5, 0.6) is 0 Å². The molecule has 0 radical (unpaired) electrons. The number of pyridine rings is 1. The molecule has 122 valence electrons. The van der Waals surface area contributed by atoms with Crippen LogP contribution < -0.4 is 16.6 Å². The molecule has 8 heteroatoms.